The van der Waals surface area contributed by atoms with Crippen molar-refractivity contribution in [3.8, 4) is 0 Å². The van der Waals surface area contributed by atoms with E-state index in [1.54, 1.807) is 12.4 Å². The highest BCUT2D eigenvalue weighted by molar-refractivity contribution is 5.85. The Balaban J connectivity index is 1.18. The first-order chi connectivity index (χ1) is 17.3. The number of rotatable bonds is 6. The summed E-state index contributed by atoms with van der Waals surface area (Å²) in [6.45, 7) is 3.50. The second-order valence-corrected chi connectivity index (χ2v) is 8.15. The van der Waals surface area contributed by atoms with Gasteiger partial charge in [-0.25, -0.2) is 15.8 Å². The van der Waals surface area contributed by atoms with Crippen molar-refractivity contribution < 1.29 is 0 Å². The van der Waals surface area contributed by atoms with Crippen LogP contribution in [0.15, 0.2) is 69.0 Å². The molecule has 0 saturated heterocycles. The van der Waals surface area contributed by atoms with Crippen LogP contribution in [0.1, 0.15) is 35.2 Å². The largest absolute Gasteiger partial charge is 0.355 e. The van der Waals surface area contributed by atoms with E-state index >= 15 is 0 Å². The minimum atomic E-state index is 0.715. The van der Waals surface area contributed by atoms with Gasteiger partial charge in [-0.05, 0) is 42.2 Å². The zero-order valence-electron chi connectivity index (χ0n) is 19.4. The number of nitrogens with one attached hydrogen (secondary N) is 4. The molecule has 0 unspecified atom stereocenters. The van der Waals surface area contributed by atoms with Crippen LogP contribution in [-0.2, 0) is 0 Å². The summed E-state index contributed by atoms with van der Waals surface area (Å²) in [7, 11) is 0. The fourth-order valence-electron chi connectivity index (χ4n) is 3.61. The van der Waals surface area contributed by atoms with Gasteiger partial charge < -0.3 is 15.0 Å². The monoisotopic (exact) mass is 468 g/mol. The molecule has 178 valence electrons. The molecular formula is C25H28N10. The van der Waals surface area contributed by atoms with Gasteiger partial charge in [0.15, 0.2) is 0 Å². The van der Waals surface area contributed by atoms with E-state index in [1.807, 2.05) is 53.2 Å². The first-order valence-electron chi connectivity index (χ1n) is 11.7. The highest BCUT2D eigenvalue weighted by Gasteiger charge is 2.03. The van der Waals surface area contributed by atoms with Crippen molar-refractivity contribution in [2.75, 3.05) is 26.2 Å². The second kappa shape index (κ2) is 11.1. The topological polar surface area (TPSA) is 115 Å². The summed E-state index contributed by atoms with van der Waals surface area (Å²) in [6.07, 6.45) is 13.7. The molecule has 0 saturated carbocycles. The molecule has 2 aliphatic heterocycles. The fraction of sp³-hybridized carbons (Fsp3) is 0.240. The summed E-state index contributed by atoms with van der Waals surface area (Å²) in [4.78, 5) is 13.3. The van der Waals surface area contributed by atoms with Crippen LogP contribution < -0.4 is 21.5 Å². The second-order valence-electron chi connectivity index (χ2n) is 8.15. The Morgan fingerprint density at radius 2 is 1.37 bits per heavy atom. The highest BCUT2D eigenvalue weighted by atomic mass is 15.4. The maximum absolute atomic E-state index is 4.67. The van der Waals surface area contributed by atoms with E-state index in [9.17, 15) is 0 Å². The molecule has 0 spiro atoms. The van der Waals surface area contributed by atoms with Gasteiger partial charge in [-0.1, -0.05) is 30.3 Å². The van der Waals surface area contributed by atoms with Gasteiger partial charge in [-0.3, -0.25) is 9.98 Å². The van der Waals surface area contributed by atoms with Crippen molar-refractivity contribution in [1.82, 2.24) is 30.9 Å². The van der Waals surface area contributed by atoms with Gasteiger partial charge >= 0.3 is 0 Å². The van der Waals surface area contributed by atoms with Crippen LogP contribution in [-0.4, -0.2) is 59.9 Å². The molecule has 4 heterocycles. The van der Waals surface area contributed by atoms with Crippen LogP contribution >= 0.6 is 0 Å². The van der Waals surface area contributed by atoms with Crippen LogP contribution in [0.3, 0.4) is 0 Å². The molecule has 2 aromatic heterocycles. The third kappa shape index (κ3) is 6.32. The van der Waals surface area contributed by atoms with Gasteiger partial charge in [0.2, 0.25) is 11.9 Å². The number of hydrogen-bond acceptors (Lipinski definition) is 9. The third-order valence-corrected chi connectivity index (χ3v) is 5.44. The van der Waals surface area contributed by atoms with Gasteiger partial charge in [0.25, 0.3) is 0 Å². The summed E-state index contributed by atoms with van der Waals surface area (Å²) in [6, 6.07) is 12.1. The quantitative estimate of drug-likeness (QED) is 0.327. The molecular weight excluding hydrogens is 440 g/mol. The minimum absolute atomic E-state index is 0.715. The number of hydrazone groups is 2. The molecule has 1 aromatic carbocycles. The lowest BCUT2D eigenvalue weighted by molar-refractivity contribution is 0.712. The minimum Gasteiger partial charge on any atom is -0.355 e. The first-order valence-corrected chi connectivity index (χ1v) is 11.7. The molecule has 3 aromatic rings. The Labute approximate surface area is 203 Å². The Morgan fingerprint density at radius 1 is 0.743 bits per heavy atom. The van der Waals surface area contributed by atoms with Gasteiger partial charge in [0, 0.05) is 44.1 Å². The number of aliphatic imine (C=N–C) groups is 2. The van der Waals surface area contributed by atoms with E-state index in [-0.39, 0.29) is 0 Å². The average Bonchev–Trinajstić information content (AvgIpc) is 3.32. The molecule has 0 fully saturated rings. The van der Waals surface area contributed by atoms with Crippen LogP contribution in [0.2, 0.25) is 0 Å². The van der Waals surface area contributed by atoms with E-state index < -0.39 is 0 Å². The maximum atomic E-state index is 4.67. The number of aromatic nitrogens is 2. The molecule has 4 N–H and O–H groups in total. The van der Waals surface area contributed by atoms with E-state index in [0.717, 1.165) is 73.0 Å². The van der Waals surface area contributed by atoms with Crippen LogP contribution in [0, 0.1) is 0 Å². The molecule has 10 nitrogen and oxygen atoms in total. The molecule has 10 heteroatoms. The van der Waals surface area contributed by atoms with Gasteiger partial charge in [-0.2, -0.15) is 10.2 Å². The standard InChI is InChI=1S/C25H28N10/c1-11-26-24(27-12-1)33-30-15-20-5-3-19(4-6-20)7-9-22-18-35-17-21(8-10-23(35)32-22)16-31-34-25-28-13-2-14-29-25/h3-10,15-18H,1-2,11-14H2,(H2,26,27,33)(H2,28,29,34)/b9-7+,30-15?,31-16?. The zero-order valence-corrected chi connectivity index (χ0v) is 19.4. The summed E-state index contributed by atoms with van der Waals surface area (Å²) in [5.41, 5.74) is 10.7. The number of benzene rings is 1. The number of fused-ring (bicyclic) bond motifs is 1. The van der Waals surface area contributed by atoms with Crippen LogP contribution in [0.25, 0.3) is 17.8 Å². The van der Waals surface area contributed by atoms with E-state index in [1.165, 1.54) is 0 Å². The molecule has 0 atom stereocenters. The Morgan fingerprint density at radius 3 is 2.03 bits per heavy atom. The first kappa shape index (κ1) is 22.3. The van der Waals surface area contributed by atoms with Crippen molar-refractivity contribution in [1.29, 1.82) is 0 Å². The molecule has 0 radical (unpaired) electrons. The molecule has 0 aliphatic carbocycles. The van der Waals surface area contributed by atoms with Crippen LogP contribution in [0.5, 0.6) is 0 Å². The Hall–Kier alpha value is -4.47. The lowest BCUT2D eigenvalue weighted by Crippen LogP contribution is -2.38. The number of guanidine groups is 2. The van der Waals surface area contributed by atoms with Crippen LogP contribution in [0.4, 0.5) is 0 Å². The van der Waals surface area contributed by atoms with E-state index in [2.05, 4.69) is 58.8 Å². The maximum Gasteiger partial charge on any atom is 0.212 e. The SMILES string of the molecule is C(=NNC1=NCCCN1)c1ccc(/C=C/c2cn3cc(C=NNC4=NCCCN4)ccc3n2)cc1. The molecule has 35 heavy (non-hydrogen) atoms. The van der Waals surface area contributed by atoms with Crippen molar-refractivity contribution in [3.05, 3.63) is 71.2 Å². The molecule has 0 amide bonds. The number of imidazole rings is 1. The fourth-order valence-corrected chi connectivity index (χ4v) is 3.61. The number of nitrogens with zero attached hydrogens (tertiary/aromatic N) is 6. The Bertz CT molecular complexity index is 1300. The third-order valence-electron chi connectivity index (χ3n) is 5.44. The average molecular weight is 469 g/mol. The van der Waals surface area contributed by atoms with Gasteiger partial charge in [-0.15, -0.1) is 0 Å². The normalized spacial score (nSPS) is 16.3. The Kier molecular flexibility index (Phi) is 7.08. The summed E-state index contributed by atoms with van der Waals surface area (Å²) in [5, 5.41) is 14.9. The van der Waals surface area contributed by atoms with Gasteiger partial charge in [0.05, 0.1) is 18.1 Å². The molecule has 2 aliphatic rings. The lowest BCUT2D eigenvalue weighted by Gasteiger charge is -2.12. The van der Waals surface area contributed by atoms with Crippen molar-refractivity contribution in [2.24, 2.45) is 20.2 Å². The number of hydrogen-bond donors (Lipinski definition) is 4. The molecule has 0 bridgehead atoms. The van der Waals surface area contributed by atoms with Gasteiger partial charge in [0.1, 0.15) is 5.65 Å². The zero-order chi connectivity index (χ0) is 23.7. The predicted octanol–water partition coefficient (Wildman–Crippen LogP) is 2.05. The lowest BCUT2D eigenvalue weighted by atomic mass is 10.1. The highest BCUT2D eigenvalue weighted by Crippen LogP contribution is 2.11. The summed E-state index contributed by atoms with van der Waals surface area (Å²) in [5.74, 6) is 1.44. The summed E-state index contributed by atoms with van der Waals surface area (Å²) < 4.78 is 2.00. The van der Waals surface area contributed by atoms with Crippen molar-refractivity contribution >= 4 is 42.1 Å². The summed E-state index contributed by atoms with van der Waals surface area (Å²) >= 11 is 0. The van der Waals surface area contributed by atoms with Crippen molar-refractivity contribution in [2.45, 2.75) is 12.8 Å². The van der Waals surface area contributed by atoms with E-state index in [4.69, 9.17) is 0 Å². The predicted molar refractivity (Wildman–Crippen MR) is 142 cm³/mol. The smallest absolute Gasteiger partial charge is 0.212 e. The van der Waals surface area contributed by atoms with E-state index in [0.29, 0.717) is 5.96 Å². The number of pyridine rings is 1. The molecule has 5 rings (SSSR count). The van der Waals surface area contributed by atoms with Crippen molar-refractivity contribution in [3.63, 3.8) is 0 Å².